The Balaban J connectivity index is 1.43. The Kier molecular flexibility index (Phi) is 6.33. The topological polar surface area (TPSA) is 59.3 Å². The summed E-state index contributed by atoms with van der Waals surface area (Å²) in [5.41, 5.74) is 6.88. The van der Waals surface area contributed by atoms with E-state index in [-0.39, 0.29) is 5.91 Å². The standard InChI is InChI=1S/C25H25ClN4O/c1-17-22(12-13-25(31)27-15-14-19-6-4-3-5-7-19)18(2)30-24(28-17)16-23(29-30)20-8-10-21(26)11-9-20/h3-11,16H,12-15H2,1-2H3,(H,27,31). The number of aryl methyl sites for hydroxylation is 2. The molecule has 0 bridgehead atoms. The van der Waals surface area contributed by atoms with Gasteiger partial charge in [-0.3, -0.25) is 4.79 Å². The minimum atomic E-state index is 0.0529. The van der Waals surface area contributed by atoms with Crippen LogP contribution in [0.5, 0.6) is 0 Å². The van der Waals surface area contributed by atoms with Crippen LogP contribution in [-0.4, -0.2) is 27.0 Å². The highest BCUT2D eigenvalue weighted by Crippen LogP contribution is 2.24. The van der Waals surface area contributed by atoms with E-state index in [1.807, 2.05) is 66.9 Å². The highest BCUT2D eigenvalue weighted by atomic mass is 35.5. The van der Waals surface area contributed by atoms with Crippen LogP contribution in [0.15, 0.2) is 60.7 Å². The summed E-state index contributed by atoms with van der Waals surface area (Å²) in [4.78, 5) is 17.1. The van der Waals surface area contributed by atoms with Gasteiger partial charge in [0.25, 0.3) is 0 Å². The van der Waals surface area contributed by atoms with Gasteiger partial charge in [0.15, 0.2) is 5.65 Å². The molecule has 0 aliphatic heterocycles. The first-order valence-corrected chi connectivity index (χ1v) is 10.8. The zero-order valence-corrected chi connectivity index (χ0v) is 18.5. The van der Waals surface area contributed by atoms with E-state index >= 15 is 0 Å². The lowest BCUT2D eigenvalue weighted by molar-refractivity contribution is -0.121. The predicted molar refractivity (Wildman–Crippen MR) is 124 cm³/mol. The van der Waals surface area contributed by atoms with E-state index in [9.17, 15) is 4.79 Å². The van der Waals surface area contributed by atoms with Crippen molar-refractivity contribution in [1.82, 2.24) is 19.9 Å². The van der Waals surface area contributed by atoms with Crippen molar-refractivity contribution < 1.29 is 4.79 Å². The molecule has 0 fully saturated rings. The lowest BCUT2D eigenvalue weighted by Gasteiger charge is -2.11. The fraction of sp³-hybridized carbons (Fsp3) is 0.240. The minimum Gasteiger partial charge on any atom is -0.356 e. The molecule has 5 nitrogen and oxygen atoms in total. The summed E-state index contributed by atoms with van der Waals surface area (Å²) in [5, 5.41) is 8.45. The molecule has 0 unspecified atom stereocenters. The molecule has 2 aromatic carbocycles. The van der Waals surface area contributed by atoms with Gasteiger partial charge in [0.05, 0.1) is 5.69 Å². The van der Waals surface area contributed by atoms with E-state index in [0.29, 0.717) is 24.4 Å². The van der Waals surface area contributed by atoms with Crippen LogP contribution in [0.1, 0.15) is 28.9 Å². The third kappa shape index (κ3) is 4.94. The molecular formula is C25H25ClN4O. The van der Waals surface area contributed by atoms with Crippen LogP contribution in [0.3, 0.4) is 0 Å². The fourth-order valence-corrected chi connectivity index (χ4v) is 3.89. The number of rotatable bonds is 7. The van der Waals surface area contributed by atoms with Gasteiger partial charge in [-0.25, -0.2) is 9.50 Å². The molecule has 158 valence electrons. The van der Waals surface area contributed by atoms with Gasteiger partial charge < -0.3 is 5.32 Å². The van der Waals surface area contributed by atoms with Crippen molar-refractivity contribution in [3.63, 3.8) is 0 Å². The van der Waals surface area contributed by atoms with E-state index in [2.05, 4.69) is 17.4 Å². The molecule has 4 rings (SSSR count). The van der Waals surface area contributed by atoms with Gasteiger partial charge in [-0.15, -0.1) is 0 Å². The lowest BCUT2D eigenvalue weighted by Crippen LogP contribution is -2.26. The summed E-state index contributed by atoms with van der Waals surface area (Å²) in [6.07, 6.45) is 1.89. The SMILES string of the molecule is Cc1nc2cc(-c3ccc(Cl)cc3)nn2c(C)c1CCC(=O)NCCc1ccccc1. The number of amides is 1. The summed E-state index contributed by atoms with van der Waals surface area (Å²) < 4.78 is 1.86. The molecule has 6 heteroatoms. The molecule has 4 aromatic rings. The number of nitrogens with one attached hydrogen (secondary N) is 1. The summed E-state index contributed by atoms with van der Waals surface area (Å²) in [7, 11) is 0. The average molecular weight is 433 g/mol. The molecule has 0 spiro atoms. The Bertz CT molecular complexity index is 1200. The first kappa shape index (κ1) is 21.1. The third-order valence-corrected chi connectivity index (χ3v) is 5.74. The minimum absolute atomic E-state index is 0.0529. The van der Waals surface area contributed by atoms with Crippen LogP contribution < -0.4 is 5.32 Å². The fourth-order valence-electron chi connectivity index (χ4n) is 3.77. The lowest BCUT2D eigenvalue weighted by atomic mass is 10.1. The Morgan fingerprint density at radius 1 is 1.03 bits per heavy atom. The maximum absolute atomic E-state index is 12.3. The van der Waals surface area contributed by atoms with Crippen LogP contribution in [0.4, 0.5) is 0 Å². The first-order chi connectivity index (χ1) is 15.0. The Hall–Kier alpha value is -3.18. The second-order valence-electron chi connectivity index (χ2n) is 7.65. The second kappa shape index (κ2) is 9.31. The third-order valence-electron chi connectivity index (χ3n) is 5.48. The Morgan fingerprint density at radius 2 is 1.77 bits per heavy atom. The number of benzene rings is 2. The summed E-state index contributed by atoms with van der Waals surface area (Å²) in [6.45, 7) is 4.66. The van der Waals surface area contributed by atoms with E-state index in [1.54, 1.807) is 0 Å². The van der Waals surface area contributed by atoms with Crippen molar-refractivity contribution in [2.45, 2.75) is 33.1 Å². The smallest absolute Gasteiger partial charge is 0.220 e. The molecular weight excluding hydrogens is 408 g/mol. The number of aromatic nitrogens is 3. The number of halogens is 1. The molecule has 2 aromatic heterocycles. The highest BCUT2D eigenvalue weighted by Gasteiger charge is 2.14. The van der Waals surface area contributed by atoms with E-state index in [1.165, 1.54) is 5.56 Å². The molecule has 0 aliphatic rings. The number of carbonyl (C=O) groups excluding carboxylic acids is 1. The second-order valence-corrected chi connectivity index (χ2v) is 8.09. The van der Waals surface area contributed by atoms with Crippen molar-refractivity contribution in [2.24, 2.45) is 0 Å². The van der Waals surface area contributed by atoms with Gasteiger partial charge in [0, 0.05) is 41.0 Å². The zero-order valence-electron chi connectivity index (χ0n) is 17.7. The molecule has 0 radical (unpaired) electrons. The van der Waals surface area contributed by atoms with Crippen LogP contribution in [0.25, 0.3) is 16.9 Å². The molecule has 1 N–H and O–H groups in total. The summed E-state index contributed by atoms with van der Waals surface area (Å²) >= 11 is 6.00. The van der Waals surface area contributed by atoms with E-state index in [4.69, 9.17) is 21.7 Å². The molecule has 2 heterocycles. The maximum atomic E-state index is 12.3. The molecule has 0 atom stereocenters. The van der Waals surface area contributed by atoms with Crippen molar-refractivity contribution in [2.75, 3.05) is 6.54 Å². The van der Waals surface area contributed by atoms with Gasteiger partial charge in [0.1, 0.15) is 0 Å². The molecule has 0 aliphatic carbocycles. The number of hydrogen-bond acceptors (Lipinski definition) is 3. The number of fused-ring (bicyclic) bond motifs is 1. The van der Waals surface area contributed by atoms with Crippen molar-refractivity contribution in [3.8, 4) is 11.3 Å². The normalized spacial score (nSPS) is 11.1. The molecule has 0 saturated carbocycles. The zero-order chi connectivity index (χ0) is 21.8. The highest BCUT2D eigenvalue weighted by molar-refractivity contribution is 6.30. The van der Waals surface area contributed by atoms with Gasteiger partial charge >= 0.3 is 0 Å². The quantitative estimate of drug-likeness (QED) is 0.449. The number of hydrogen-bond donors (Lipinski definition) is 1. The van der Waals surface area contributed by atoms with E-state index < -0.39 is 0 Å². The number of carbonyl (C=O) groups is 1. The van der Waals surface area contributed by atoms with Crippen LogP contribution in [0.2, 0.25) is 5.02 Å². The average Bonchev–Trinajstić information content (AvgIpc) is 3.19. The molecule has 31 heavy (non-hydrogen) atoms. The van der Waals surface area contributed by atoms with Gasteiger partial charge in [-0.05, 0) is 49.9 Å². The van der Waals surface area contributed by atoms with Crippen molar-refractivity contribution in [3.05, 3.63) is 88.2 Å². The van der Waals surface area contributed by atoms with Crippen LogP contribution in [0, 0.1) is 13.8 Å². The predicted octanol–water partition coefficient (Wildman–Crippen LogP) is 4.96. The Labute approximate surface area is 187 Å². The van der Waals surface area contributed by atoms with Crippen molar-refractivity contribution in [1.29, 1.82) is 0 Å². The first-order valence-electron chi connectivity index (χ1n) is 10.4. The van der Waals surface area contributed by atoms with E-state index in [0.717, 1.165) is 40.3 Å². The van der Waals surface area contributed by atoms with Gasteiger partial charge in [0.2, 0.25) is 5.91 Å². The van der Waals surface area contributed by atoms with Crippen LogP contribution in [-0.2, 0) is 17.6 Å². The number of nitrogens with zero attached hydrogens (tertiary/aromatic N) is 3. The largest absolute Gasteiger partial charge is 0.356 e. The maximum Gasteiger partial charge on any atom is 0.220 e. The Morgan fingerprint density at radius 3 is 2.52 bits per heavy atom. The van der Waals surface area contributed by atoms with Gasteiger partial charge in [-0.1, -0.05) is 54.1 Å². The molecule has 0 saturated heterocycles. The molecule has 1 amide bonds. The van der Waals surface area contributed by atoms with Crippen LogP contribution >= 0.6 is 11.6 Å². The van der Waals surface area contributed by atoms with Crippen molar-refractivity contribution >= 4 is 23.2 Å². The summed E-state index contributed by atoms with van der Waals surface area (Å²) in [6, 6.07) is 19.8. The van der Waals surface area contributed by atoms with Gasteiger partial charge in [-0.2, -0.15) is 5.10 Å². The summed E-state index contributed by atoms with van der Waals surface area (Å²) in [5.74, 6) is 0.0529. The monoisotopic (exact) mass is 432 g/mol.